The van der Waals surface area contributed by atoms with Crippen molar-refractivity contribution in [3.05, 3.63) is 35.0 Å². The Labute approximate surface area is 291 Å². The zero-order valence-corrected chi connectivity index (χ0v) is 30.2. The first-order valence-corrected chi connectivity index (χ1v) is 17.5. The smallest absolute Gasteiger partial charge is 0.308 e. The zero-order valence-electron chi connectivity index (χ0n) is 29.4. The number of aryl methyl sites for hydroxylation is 1. The van der Waals surface area contributed by atoms with Gasteiger partial charge in [0.2, 0.25) is 17.7 Å². The molecule has 2 aromatic rings. The fraction of sp³-hybridized carbons (Fsp3) is 0.629. The highest BCUT2D eigenvalue weighted by Gasteiger charge is 2.50. The number of aliphatic hydroxyl groups excluding tert-OH is 1. The molecule has 0 bridgehead atoms. The van der Waals surface area contributed by atoms with E-state index in [9.17, 15) is 28.7 Å². The molecule has 2 aliphatic rings. The van der Waals surface area contributed by atoms with Crippen LogP contribution in [0, 0.1) is 18.3 Å². The number of ether oxygens (including phenoxy) is 3. The Morgan fingerprint density at radius 2 is 1.84 bits per heavy atom. The van der Waals surface area contributed by atoms with Crippen LogP contribution in [0.15, 0.2) is 23.7 Å². The van der Waals surface area contributed by atoms with Crippen LogP contribution in [-0.4, -0.2) is 88.7 Å². The molecule has 0 spiro atoms. The van der Waals surface area contributed by atoms with Crippen molar-refractivity contribution in [3.8, 4) is 16.2 Å². The Kier molecular flexibility index (Phi) is 12.1. The number of β-amino-alcohol motifs (C(OH)–C–C–N with tert-alkyl or cyclic N) is 1. The van der Waals surface area contributed by atoms with E-state index in [0.29, 0.717) is 11.3 Å². The summed E-state index contributed by atoms with van der Waals surface area (Å²) < 4.78 is 31.4. The van der Waals surface area contributed by atoms with Crippen LogP contribution in [0.2, 0.25) is 0 Å². The van der Waals surface area contributed by atoms with Gasteiger partial charge < -0.3 is 34.9 Å². The minimum atomic E-state index is -1.79. The average Bonchev–Trinajstić information content (AvgIpc) is 3.34. The molecular weight excluding hydrogens is 655 g/mol. The predicted molar refractivity (Wildman–Crippen MR) is 181 cm³/mol. The van der Waals surface area contributed by atoms with Gasteiger partial charge in [0, 0.05) is 31.4 Å². The number of carbonyl (C=O) groups is 4. The number of carbonyl (C=O) groups excluding carboxylic acids is 4. The van der Waals surface area contributed by atoms with Gasteiger partial charge in [-0.3, -0.25) is 19.2 Å². The first kappa shape index (κ1) is 38.2. The number of aromatic nitrogens is 1. The number of amides is 3. The van der Waals surface area contributed by atoms with Gasteiger partial charge in [-0.2, -0.15) is 0 Å². The van der Waals surface area contributed by atoms with Crippen molar-refractivity contribution in [2.45, 2.75) is 104 Å². The highest BCUT2D eigenvalue weighted by molar-refractivity contribution is 7.13. The molecule has 3 amide bonds. The Morgan fingerprint density at radius 3 is 2.45 bits per heavy atom. The lowest BCUT2D eigenvalue weighted by atomic mass is 9.79. The number of thiazole rings is 1. The van der Waals surface area contributed by atoms with Crippen LogP contribution in [-0.2, 0) is 35.1 Å². The molecule has 1 aliphatic carbocycles. The van der Waals surface area contributed by atoms with Crippen LogP contribution in [0.25, 0.3) is 10.4 Å². The van der Waals surface area contributed by atoms with E-state index in [1.807, 2.05) is 19.1 Å². The summed E-state index contributed by atoms with van der Waals surface area (Å²) in [6.45, 7) is 12.9. The van der Waals surface area contributed by atoms with Crippen molar-refractivity contribution in [1.29, 1.82) is 0 Å². The second-order valence-electron chi connectivity index (χ2n) is 14.8. The summed E-state index contributed by atoms with van der Waals surface area (Å²) in [7, 11) is 0. The van der Waals surface area contributed by atoms with Gasteiger partial charge in [0.25, 0.3) is 0 Å². The van der Waals surface area contributed by atoms with Gasteiger partial charge in [-0.15, -0.1) is 11.3 Å². The fourth-order valence-electron chi connectivity index (χ4n) is 5.59. The van der Waals surface area contributed by atoms with Gasteiger partial charge in [-0.1, -0.05) is 32.9 Å². The van der Waals surface area contributed by atoms with Crippen molar-refractivity contribution in [1.82, 2.24) is 20.5 Å². The van der Waals surface area contributed by atoms with Crippen LogP contribution in [0.5, 0.6) is 5.75 Å². The number of halogens is 1. The van der Waals surface area contributed by atoms with E-state index in [-0.39, 0.29) is 64.4 Å². The summed E-state index contributed by atoms with van der Waals surface area (Å²) in [6.07, 6.45) is -1.30. The molecule has 270 valence electrons. The number of aliphatic hydroxyl groups is 1. The maximum absolute atomic E-state index is 14.4. The molecule has 0 unspecified atom stereocenters. The molecule has 2 heterocycles. The van der Waals surface area contributed by atoms with Crippen molar-refractivity contribution in [2.75, 3.05) is 26.4 Å². The lowest BCUT2D eigenvalue weighted by molar-refractivity contribution is -0.156. The number of hydrogen-bond donors (Lipinski definition) is 3. The molecule has 12 nitrogen and oxygen atoms in total. The molecule has 0 radical (unpaired) electrons. The van der Waals surface area contributed by atoms with Gasteiger partial charge in [0.15, 0.2) is 5.79 Å². The van der Waals surface area contributed by atoms with Gasteiger partial charge in [-0.25, -0.2) is 9.37 Å². The molecule has 3 atom stereocenters. The lowest BCUT2D eigenvalue weighted by Crippen LogP contribution is -2.55. The van der Waals surface area contributed by atoms with E-state index >= 15 is 0 Å². The van der Waals surface area contributed by atoms with Crippen LogP contribution in [0.3, 0.4) is 0 Å². The Balaban J connectivity index is 1.42. The van der Waals surface area contributed by atoms with E-state index in [1.165, 1.54) is 16.2 Å². The highest BCUT2D eigenvalue weighted by Crippen LogP contribution is 2.39. The molecule has 3 N–H and O–H groups in total. The Bertz CT molecular complexity index is 1510. The maximum atomic E-state index is 14.4. The number of likely N-dealkylation sites (tertiary alicyclic amines) is 1. The number of rotatable bonds is 14. The monoisotopic (exact) mass is 704 g/mol. The summed E-state index contributed by atoms with van der Waals surface area (Å²) >= 11 is 1.48. The number of esters is 1. The molecule has 2 fully saturated rings. The van der Waals surface area contributed by atoms with E-state index in [1.54, 1.807) is 53.1 Å². The topological polar surface area (TPSA) is 156 Å². The van der Waals surface area contributed by atoms with Crippen LogP contribution >= 0.6 is 11.3 Å². The summed E-state index contributed by atoms with van der Waals surface area (Å²) in [5.74, 6) is -4.63. The summed E-state index contributed by atoms with van der Waals surface area (Å²) in [4.78, 5) is 58.9. The van der Waals surface area contributed by atoms with Crippen LogP contribution in [0.1, 0.15) is 78.5 Å². The second kappa shape index (κ2) is 15.5. The fourth-order valence-corrected chi connectivity index (χ4v) is 6.39. The molecule has 1 saturated heterocycles. The van der Waals surface area contributed by atoms with Crippen LogP contribution in [0.4, 0.5) is 4.39 Å². The predicted octanol–water partition coefficient (Wildman–Crippen LogP) is 4.06. The minimum absolute atomic E-state index is 0.0738. The zero-order chi connectivity index (χ0) is 36.1. The summed E-state index contributed by atoms with van der Waals surface area (Å²) in [5, 5.41) is 15.7. The van der Waals surface area contributed by atoms with Gasteiger partial charge in [0.1, 0.15) is 30.0 Å². The van der Waals surface area contributed by atoms with Gasteiger partial charge in [0.05, 0.1) is 48.2 Å². The number of nitrogens with zero attached hydrogens (tertiary/aromatic N) is 2. The van der Waals surface area contributed by atoms with Gasteiger partial charge in [-0.05, 0) is 44.7 Å². The molecule has 1 aromatic carbocycles. The first-order valence-electron chi connectivity index (χ1n) is 16.6. The highest BCUT2D eigenvalue weighted by atomic mass is 32.1. The number of nitrogens with one attached hydrogen (secondary N) is 2. The third kappa shape index (κ3) is 10.9. The largest absolute Gasteiger partial charge is 0.491 e. The maximum Gasteiger partial charge on any atom is 0.308 e. The standard InChI is InChI=1S/C35H49FN4O8S/c1-21-30(49-20-37-21)23-9-8-22(25(16-23)47-15-14-46-13-10-28(43)48-34(5,6)7)17-27(42)38-26-18-24(41)19-40(26)32(45)29(33(2,3)4)31(44)39-35(36)11-12-35/h8-9,16,20,24,26,29,41H,10-15,17-19H2,1-7H3,(H,38,42)(H,39,44)/t24-,26+,29+/m1/s1. The molecule has 49 heavy (non-hydrogen) atoms. The second-order valence-corrected chi connectivity index (χ2v) is 15.6. The quantitative estimate of drug-likeness (QED) is 0.114. The van der Waals surface area contributed by atoms with Crippen molar-refractivity contribution >= 4 is 35.0 Å². The molecule has 14 heteroatoms. The molecule has 4 rings (SSSR count). The third-order valence-electron chi connectivity index (χ3n) is 8.08. The SMILES string of the molecule is Cc1ncsc1-c1ccc(CC(=O)N[C@@H]2C[C@@H](O)CN2C(=O)[C@H](C(=O)NC2(F)CC2)C(C)(C)C)c(OCCOCCC(=O)OC(C)(C)C)c1. The van der Waals surface area contributed by atoms with Crippen LogP contribution < -0.4 is 15.4 Å². The first-order chi connectivity index (χ1) is 22.8. The van der Waals surface area contributed by atoms with Crippen molar-refractivity contribution in [3.63, 3.8) is 0 Å². The van der Waals surface area contributed by atoms with E-state index in [2.05, 4.69) is 15.6 Å². The Hall–Kier alpha value is -3.62. The lowest BCUT2D eigenvalue weighted by Gasteiger charge is -2.34. The summed E-state index contributed by atoms with van der Waals surface area (Å²) in [5.41, 5.74) is 2.64. The van der Waals surface area contributed by atoms with E-state index in [0.717, 1.165) is 16.1 Å². The average molecular weight is 705 g/mol. The summed E-state index contributed by atoms with van der Waals surface area (Å²) in [6, 6.07) is 5.51. The number of benzene rings is 1. The van der Waals surface area contributed by atoms with E-state index in [4.69, 9.17) is 14.2 Å². The molecule has 1 saturated carbocycles. The molecule has 1 aliphatic heterocycles. The van der Waals surface area contributed by atoms with Gasteiger partial charge >= 0.3 is 5.97 Å². The normalized spacial score (nSPS) is 19.2. The van der Waals surface area contributed by atoms with Crippen molar-refractivity contribution in [2.24, 2.45) is 11.3 Å². The molecule has 1 aromatic heterocycles. The molecular formula is C35H49FN4O8S. The number of alkyl halides is 1. The third-order valence-corrected chi connectivity index (χ3v) is 9.06. The Morgan fingerprint density at radius 1 is 1.12 bits per heavy atom. The number of hydrogen-bond acceptors (Lipinski definition) is 10. The minimum Gasteiger partial charge on any atom is -0.491 e. The van der Waals surface area contributed by atoms with E-state index < -0.39 is 52.7 Å². The van der Waals surface area contributed by atoms with Crippen molar-refractivity contribution < 1.29 is 42.9 Å².